The van der Waals surface area contributed by atoms with E-state index in [2.05, 4.69) is 71.4 Å². The fraction of sp³-hybridized carbons (Fsp3) is 0.500. The van der Waals surface area contributed by atoms with Gasteiger partial charge in [0, 0.05) is 0 Å². The lowest BCUT2D eigenvalue weighted by atomic mass is 9.44. The van der Waals surface area contributed by atoms with Crippen molar-refractivity contribution in [1.82, 2.24) is 0 Å². The number of halogens is 1. The second-order valence-corrected chi connectivity index (χ2v) is 9.74. The Kier molecular flexibility index (Phi) is 4.15. The van der Waals surface area contributed by atoms with Crippen LogP contribution in [0.15, 0.2) is 53.0 Å². The zero-order valence-corrected chi connectivity index (χ0v) is 17.0. The zero-order chi connectivity index (χ0) is 17.7. The second kappa shape index (κ2) is 6.41. The van der Waals surface area contributed by atoms with E-state index in [9.17, 15) is 0 Å². The largest absolute Gasteiger partial charge is 0.488 e. The molecule has 2 aromatic carbocycles. The second-order valence-electron chi connectivity index (χ2n) is 8.94. The smallest absolute Gasteiger partial charge is 0.134 e. The highest BCUT2D eigenvalue weighted by Crippen LogP contribution is 2.64. The van der Waals surface area contributed by atoms with E-state index in [1.807, 2.05) is 0 Å². The summed E-state index contributed by atoms with van der Waals surface area (Å²) in [5.74, 6) is 4.61. The van der Waals surface area contributed by atoms with Gasteiger partial charge >= 0.3 is 0 Å². The molecule has 0 heterocycles. The molecule has 2 aromatic rings. The fourth-order valence-electron chi connectivity index (χ4n) is 6.50. The van der Waals surface area contributed by atoms with Gasteiger partial charge in [-0.25, -0.2) is 0 Å². The van der Waals surface area contributed by atoms with E-state index in [0.717, 1.165) is 29.4 Å². The van der Waals surface area contributed by atoms with Crippen molar-refractivity contribution in [2.24, 2.45) is 23.7 Å². The molecule has 0 aromatic heterocycles. The monoisotopic (exact) mass is 410 g/mol. The minimum absolute atomic E-state index is 0.361. The predicted octanol–water partition coefficient (Wildman–Crippen LogP) is 6.74. The van der Waals surface area contributed by atoms with E-state index in [4.69, 9.17) is 4.74 Å². The van der Waals surface area contributed by atoms with Gasteiger partial charge in [0.1, 0.15) is 12.4 Å². The SMILES string of the molecule is CC1C2CC3CC(C2)CC1(c1cccc(OCc2ccccc2)c1Br)C3. The summed E-state index contributed by atoms with van der Waals surface area (Å²) in [6.07, 6.45) is 7.18. The van der Waals surface area contributed by atoms with Gasteiger partial charge in [0.2, 0.25) is 0 Å². The summed E-state index contributed by atoms with van der Waals surface area (Å²) < 4.78 is 7.41. The highest BCUT2D eigenvalue weighted by Gasteiger charge is 2.56. The molecule has 4 fully saturated rings. The lowest BCUT2D eigenvalue weighted by Crippen LogP contribution is -2.54. The van der Waals surface area contributed by atoms with Gasteiger partial charge in [0.05, 0.1) is 4.47 Å². The Morgan fingerprint density at radius 2 is 1.69 bits per heavy atom. The van der Waals surface area contributed by atoms with Gasteiger partial charge in [-0.2, -0.15) is 0 Å². The first-order valence-electron chi connectivity index (χ1n) is 10.1. The molecule has 1 nitrogen and oxygen atoms in total. The highest BCUT2D eigenvalue weighted by molar-refractivity contribution is 9.10. The van der Waals surface area contributed by atoms with Crippen molar-refractivity contribution in [2.45, 2.75) is 51.0 Å². The molecule has 4 aliphatic carbocycles. The molecule has 4 bridgehead atoms. The number of rotatable bonds is 4. The third-order valence-electron chi connectivity index (χ3n) is 7.56. The first kappa shape index (κ1) is 16.9. The van der Waals surface area contributed by atoms with E-state index in [-0.39, 0.29) is 0 Å². The predicted molar refractivity (Wildman–Crippen MR) is 109 cm³/mol. The van der Waals surface area contributed by atoms with Crippen LogP contribution in [0.5, 0.6) is 5.75 Å². The Hall–Kier alpha value is -1.28. The van der Waals surface area contributed by atoms with E-state index >= 15 is 0 Å². The summed E-state index contributed by atoms with van der Waals surface area (Å²) in [5, 5.41) is 0. The Morgan fingerprint density at radius 3 is 2.42 bits per heavy atom. The summed E-state index contributed by atoms with van der Waals surface area (Å²) in [5.41, 5.74) is 3.09. The minimum Gasteiger partial charge on any atom is -0.488 e. The van der Waals surface area contributed by atoms with Gasteiger partial charge in [-0.1, -0.05) is 49.4 Å². The van der Waals surface area contributed by atoms with Gasteiger partial charge in [-0.3, -0.25) is 0 Å². The number of hydrogen-bond acceptors (Lipinski definition) is 1. The summed E-state index contributed by atoms with van der Waals surface area (Å²) in [7, 11) is 0. The van der Waals surface area contributed by atoms with E-state index < -0.39 is 0 Å². The van der Waals surface area contributed by atoms with Gasteiger partial charge in [0.25, 0.3) is 0 Å². The van der Waals surface area contributed by atoms with Gasteiger partial charge in [0.15, 0.2) is 0 Å². The van der Waals surface area contributed by atoms with E-state index in [1.165, 1.54) is 47.7 Å². The highest BCUT2D eigenvalue weighted by atomic mass is 79.9. The minimum atomic E-state index is 0.361. The topological polar surface area (TPSA) is 9.23 Å². The van der Waals surface area contributed by atoms with Crippen LogP contribution in [-0.4, -0.2) is 0 Å². The standard InChI is InChI=1S/C24H27BrO/c1-16-20-11-18-10-19(12-20)14-24(16,13-18)21-8-5-9-22(23(21)25)26-15-17-6-3-2-4-7-17/h2-9,16,18-20H,10-15H2,1H3. The van der Waals surface area contributed by atoms with Crippen LogP contribution in [0.25, 0.3) is 0 Å². The summed E-state index contributed by atoms with van der Waals surface area (Å²) >= 11 is 3.95. The molecular formula is C24H27BrO. The number of hydrogen-bond donors (Lipinski definition) is 0. The maximum atomic E-state index is 6.22. The van der Waals surface area contributed by atoms with Crippen LogP contribution in [0.1, 0.15) is 50.2 Å². The first-order valence-corrected chi connectivity index (χ1v) is 10.9. The van der Waals surface area contributed by atoms with Gasteiger partial charge in [-0.15, -0.1) is 0 Å². The molecule has 3 atom stereocenters. The average molecular weight is 411 g/mol. The third-order valence-corrected chi connectivity index (χ3v) is 8.38. The Balaban J connectivity index is 1.46. The normalized spacial score (nSPS) is 34.8. The van der Waals surface area contributed by atoms with Crippen LogP contribution in [0, 0.1) is 23.7 Å². The van der Waals surface area contributed by atoms with Crippen LogP contribution in [-0.2, 0) is 12.0 Å². The van der Waals surface area contributed by atoms with E-state index in [0.29, 0.717) is 12.0 Å². The molecule has 0 N–H and O–H groups in total. The Morgan fingerprint density at radius 1 is 0.962 bits per heavy atom. The van der Waals surface area contributed by atoms with Crippen molar-refractivity contribution >= 4 is 15.9 Å². The van der Waals surface area contributed by atoms with Crippen molar-refractivity contribution in [2.75, 3.05) is 0 Å². The van der Waals surface area contributed by atoms with Crippen molar-refractivity contribution in [3.63, 3.8) is 0 Å². The lowest BCUT2D eigenvalue weighted by Gasteiger charge is -2.61. The van der Waals surface area contributed by atoms with Gasteiger partial charge < -0.3 is 4.74 Å². The maximum absolute atomic E-state index is 6.22. The molecule has 4 aliphatic rings. The van der Waals surface area contributed by atoms with Crippen LogP contribution >= 0.6 is 15.9 Å². The lowest BCUT2D eigenvalue weighted by molar-refractivity contribution is -0.0541. The van der Waals surface area contributed by atoms with Crippen LogP contribution in [0.2, 0.25) is 0 Å². The molecule has 3 unspecified atom stereocenters. The summed E-state index contributed by atoms with van der Waals surface area (Å²) in [6.45, 7) is 3.14. The van der Waals surface area contributed by atoms with Crippen molar-refractivity contribution in [3.8, 4) is 5.75 Å². The Labute approximate surface area is 165 Å². The molecule has 0 radical (unpaired) electrons. The fourth-order valence-corrected chi connectivity index (χ4v) is 7.28. The molecule has 0 amide bonds. The summed E-state index contributed by atoms with van der Waals surface area (Å²) in [4.78, 5) is 0. The zero-order valence-electron chi connectivity index (χ0n) is 15.5. The number of benzene rings is 2. The molecule has 0 aliphatic heterocycles. The molecular weight excluding hydrogens is 384 g/mol. The van der Waals surface area contributed by atoms with E-state index in [1.54, 1.807) is 0 Å². The molecule has 136 valence electrons. The van der Waals surface area contributed by atoms with Crippen molar-refractivity contribution in [1.29, 1.82) is 0 Å². The molecule has 2 heteroatoms. The van der Waals surface area contributed by atoms with Crippen LogP contribution in [0.4, 0.5) is 0 Å². The Bertz CT molecular complexity index is 785. The molecule has 4 saturated carbocycles. The quantitative estimate of drug-likeness (QED) is 0.541. The molecule has 0 saturated heterocycles. The maximum Gasteiger partial charge on any atom is 0.134 e. The van der Waals surface area contributed by atoms with Crippen molar-refractivity contribution < 1.29 is 4.74 Å². The number of ether oxygens (including phenoxy) is 1. The molecule has 0 spiro atoms. The van der Waals surface area contributed by atoms with Crippen molar-refractivity contribution in [3.05, 3.63) is 64.1 Å². The average Bonchev–Trinajstić information content (AvgIpc) is 2.65. The van der Waals surface area contributed by atoms with Crippen LogP contribution in [0.3, 0.4) is 0 Å². The molecule has 26 heavy (non-hydrogen) atoms. The van der Waals surface area contributed by atoms with Crippen LogP contribution < -0.4 is 4.74 Å². The third kappa shape index (κ3) is 2.64. The molecule has 6 rings (SSSR count). The summed E-state index contributed by atoms with van der Waals surface area (Å²) in [6, 6.07) is 17.1. The first-order chi connectivity index (χ1) is 12.7. The van der Waals surface area contributed by atoms with Gasteiger partial charge in [-0.05, 0) is 94.3 Å².